The molecule has 1 aliphatic heterocycles. The van der Waals surface area contributed by atoms with Gasteiger partial charge in [0.15, 0.2) is 0 Å². The van der Waals surface area contributed by atoms with E-state index in [1.807, 2.05) is 30.3 Å². The molecule has 126 valence electrons. The van der Waals surface area contributed by atoms with Crippen LogP contribution >= 0.6 is 0 Å². The minimum Gasteiger partial charge on any atom is -0.508 e. The highest BCUT2D eigenvalue weighted by Crippen LogP contribution is 2.47. The number of phenols is 1. The molecule has 2 atom stereocenters. The zero-order valence-electron chi connectivity index (χ0n) is 14.1. The number of rotatable bonds is 3. The quantitative estimate of drug-likeness (QED) is 0.755. The summed E-state index contributed by atoms with van der Waals surface area (Å²) < 4.78 is 11.4. The Morgan fingerprint density at radius 1 is 0.920 bits per heavy atom. The smallest absolute Gasteiger partial charge is 0.126 e. The maximum atomic E-state index is 9.66. The summed E-state index contributed by atoms with van der Waals surface area (Å²) >= 11 is 0. The van der Waals surface area contributed by atoms with Crippen LogP contribution in [-0.2, 0) is 0 Å². The number of ether oxygens (including phenoxy) is 2. The van der Waals surface area contributed by atoms with Crippen molar-refractivity contribution in [1.29, 1.82) is 0 Å². The number of hydrogen-bond donors (Lipinski definition) is 1. The van der Waals surface area contributed by atoms with Crippen molar-refractivity contribution >= 4 is 0 Å². The molecule has 0 amide bonds. The highest BCUT2D eigenvalue weighted by Gasteiger charge is 2.33. The molecule has 3 aromatic carbocycles. The van der Waals surface area contributed by atoms with Crippen LogP contribution in [0.4, 0.5) is 0 Å². The fourth-order valence-electron chi connectivity index (χ4n) is 3.60. The highest BCUT2D eigenvalue weighted by molar-refractivity contribution is 5.51. The highest BCUT2D eigenvalue weighted by atomic mass is 16.5. The number of phenolic OH excluding ortho intramolecular Hbond substituents is 1. The SMILES string of the molecule is COc1ccc2c(c1)OC[C@H](c1ccccc1)C2c1ccc(O)cc1. The average molecular weight is 332 g/mol. The van der Waals surface area contributed by atoms with Crippen LogP contribution in [0.3, 0.4) is 0 Å². The molecular formula is C22H20O3. The third kappa shape index (κ3) is 2.93. The first-order valence-corrected chi connectivity index (χ1v) is 8.41. The molecule has 0 saturated heterocycles. The Kier molecular flexibility index (Phi) is 4.06. The van der Waals surface area contributed by atoms with E-state index in [9.17, 15) is 5.11 Å². The predicted octanol–water partition coefficient (Wildman–Crippen LogP) is 4.71. The van der Waals surface area contributed by atoms with Gasteiger partial charge in [0, 0.05) is 23.5 Å². The van der Waals surface area contributed by atoms with Crippen LogP contribution in [0, 0.1) is 0 Å². The predicted molar refractivity (Wildman–Crippen MR) is 97.6 cm³/mol. The second kappa shape index (κ2) is 6.52. The van der Waals surface area contributed by atoms with Crippen LogP contribution < -0.4 is 9.47 Å². The number of methoxy groups -OCH3 is 1. The van der Waals surface area contributed by atoms with Crippen LogP contribution in [0.2, 0.25) is 0 Å². The van der Waals surface area contributed by atoms with Gasteiger partial charge in [0.2, 0.25) is 0 Å². The van der Waals surface area contributed by atoms with E-state index in [4.69, 9.17) is 9.47 Å². The first kappa shape index (κ1) is 15.6. The van der Waals surface area contributed by atoms with E-state index < -0.39 is 0 Å². The first-order valence-electron chi connectivity index (χ1n) is 8.41. The first-order chi connectivity index (χ1) is 12.3. The zero-order chi connectivity index (χ0) is 17.2. The Morgan fingerprint density at radius 2 is 1.68 bits per heavy atom. The van der Waals surface area contributed by atoms with E-state index in [2.05, 4.69) is 30.3 Å². The van der Waals surface area contributed by atoms with Gasteiger partial charge in [0.05, 0.1) is 13.7 Å². The van der Waals surface area contributed by atoms with Gasteiger partial charge in [-0.25, -0.2) is 0 Å². The topological polar surface area (TPSA) is 38.7 Å². The van der Waals surface area contributed by atoms with Crippen LogP contribution in [-0.4, -0.2) is 18.8 Å². The van der Waals surface area contributed by atoms with E-state index in [0.717, 1.165) is 17.1 Å². The van der Waals surface area contributed by atoms with Crippen LogP contribution in [0.15, 0.2) is 72.8 Å². The molecule has 0 aromatic heterocycles. The number of fused-ring (bicyclic) bond motifs is 1. The van der Waals surface area contributed by atoms with Gasteiger partial charge >= 0.3 is 0 Å². The van der Waals surface area contributed by atoms with Gasteiger partial charge in [-0.3, -0.25) is 0 Å². The van der Waals surface area contributed by atoms with Crippen molar-refractivity contribution in [2.45, 2.75) is 11.8 Å². The van der Waals surface area contributed by atoms with Crippen molar-refractivity contribution in [1.82, 2.24) is 0 Å². The summed E-state index contributed by atoms with van der Waals surface area (Å²) in [6.07, 6.45) is 0. The largest absolute Gasteiger partial charge is 0.508 e. The van der Waals surface area contributed by atoms with E-state index in [1.165, 1.54) is 11.1 Å². The molecule has 0 saturated carbocycles. The van der Waals surface area contributed by atoms with Crippen molar-refractivity contribution in [3.8, 4) is 17.2 Å². The number of benzene rings is 3. The number of aromatic hydroxyl groups is 1. The van der Waals surface area contributed by atoms with E-state index in [-0.39, 0.29) is 17.6 Å². The van der Waals surface area contributed by atoms with E-state index in [0.29, 0.717) is 6.61 Å². The summed E-state index contributed by atoms with van der Waals surface area (Å²) in [5, 5.41) is 9.66. The van der Waals surface area contributed by atoms with Gasteiger partial charge in [-0.05, 0) is 29.3 Å². The van der Waals surface area contributed by atoms with Crippen LogP contribution in [0.25, 0.3) is 0 Å². The summed E-state index contributed by atoms with van der Waals surface area (Å²) in [7, 11) is 1.66. The second-order valence-electron chi connectivity index (χ2n) is 6.30. The van der Waals surface area contributed by atoms with Crippen molar-refractivity contribution in [2.75, 3.05) is 13.7 Å². The molecule has 3 aromatic rings. The molecule has 0 bridgehead atoms. The minimum absolute atomic E-state index is 0.164. The lowest BCUT2D eigenvalue weighted by atomic mass is 9.76. The van der Waals surface area contributed by atoms with Gasteiger partial charge in [-0.2, -0.15) is 0 Å². The fraction of sp³-hybridized carbons (Fsp3) is 0.182. The fourth-order valence-corrected chi connectivity index (χ4v) is 3.60. The molecule has 4 rings (SSSR count). The Labute approximate surface area is 147 Å². The summed E-state index contributed by atoms with van der Waals surface area (Å²) in [6.45, 7) is 0.607. The molecule has 3 heteroatoms. The lowest BCUT2D eigenvalue weighted by molar-refractivity contribution is 0.247. The minimum atomic E-state index is 0.164. The van der Waals surface area contributed by atoms with Gasteiger partial charge in [-0.15, -0.1) is 0 Å². The Hall–Kier alpha value is -2.94. The maximum Gasteiger partial charge on any atom is 0.126 e. The van der Waals surface area contributed by atoms with Gasteiger partial charge in [-0.1, -0.05) is 48.5 Å². The van der Waals surface area contributed by atoms with Crippen molar-refractivity contribution in [3.05, 3.63) is 89.5 Å². The molecule has 3 nitrogen and oxygen atoms in total. The van der Waals surface area contributed by atoms with Crippen LogP contribution in [0.5, 0.6) is 17.2 Å². The average Bonchev–Trinajstić information content (AvgIpc) is 2.68. The van der Waals surface area contributed by atoms with Gasteiger partial charge in [0.25, 0.3) is 0 Å². The molecule has 0 aliphatic carbocycles. The van der Waals surface area contributed by atoms with Gasteiger partial charge in [0.1, 0.15) is 17.2 Å². The Balaban J connectivity index is 1.84. The molecular weight excluding hydrogens is 312 g/mol. The lowest BCUT2D eigenvalue weighted by Crippen LogP contribution is -2.25. The maximum absolute atomic E-state index is 9.66. The number of hydrogen-bond acceptors (Lipinski definition) is 3. The van der Waals surface area contributed by atoms with Crippen molar-refractivity contribution < 1.29 is 14.6 Å². The molecule has 1 N–H and O–H groups in total. The monoisotopic (exact) mass is 332 g/mol. The third-order valence-corrected chi connectivity index (χ3v) is 4.86. The summed E-state index contributed by atoms with van der Waals surface area (Å²) in [6, 6.07) is 23.9. The molecule has 1 unspecified atom stereocenters. The molecule has 0 spiro atoms. The Morgan fingerprint density at radius 3 is 2.40 bits per heavy atom. The second-order valence-corrected chi connectivity index (χ2v) is 6.30. The standard InChI is InChI=1S/C22H20O3/c1-24-18-11-12-19-21(13-18)25-14-20(15-5-3-2-4-6-15)22(19)16-7-9-17(23)10-8-16/h2-13,20,22-23H,14H2,1H3/t20-,22?/m1/s1. The van der Waals surface area contributed by atoms with Crippen molar-refractivity contribution in [2.24, 2.45) is 0 Å². The molecule has 1 aliphatic rings. The Bertz CT molecular complexity index is 856. The van der Waals surface area contributed by atoms with Gasteiger partial charge < -0.3 is 14.6 Å². The molecule has 0 radical (unpaired) electrons. The zero-order valence-corrected chi connectivity index (χ0v) is 14.1. The lowest BCUT2D eigenvalue weighted by Gasteiger charge is -2.34. The summed E-state index contributed by atoms with van der Waals surface area (Å²) in [4.78, 5) is 0. The third-order valence-electron chi connectivity index (χ3n) is 4.86. The van der Waals surface area contributed by atoms with E-state index >= 15 is 0 Å². The summed E-state index contributed by atoms with van der Waals surface area (Å²) in [5.41, 5.74) is 3.56. The molecule has 25 heavy (non-hydrogen) atoms. The van der Waals surface area contributed by atoms with Crippen molar-refractivity contribution in [3.63, 3.8) is 0 Å². The van der Waals surface area contributed by atoms with Crippen LogP contribution in [0.1, 0.15) is 28.5 Å². The molecule has 1 heterocycles. The summed E-state index contributed by atoms with van der Waals surface area (Å²) in [5.74, 6) is 2.32. The molecule has 0 fully saturated rings. The van der Waals surface area contributed by atoms with E-state index in [1.54, 1.807) is 19.2 Å². The normalized spacial score (nSPS) is 18.9.